The highest BCUT2D eigenvalue weighted by atomic mass is 16.1. The molecule has 0 atom stereocenters. The molecule has 0 spiro atoms. The second kappa shape index (κ2) is 3.23. The van der Waals surface area contributed by atoms with Gasteiger partial charge in [0.05, 0.1) is 11.3 Å². The molecule has 0 aromatic carbocycles. The van der Waals surface area contributed by atoms with Gasteiger partial charge in [-0.05, 0) is 13.3 Å². The number of aryl methyl sites for hydroxylation is 2. The summed E-state index contributed by atoms with van der Waals surface area (Å²) in [4.78, 5) is 18.5. The van der Waals surface area contributed by atoms with Gasteiger partial charge in [-0.2, -0.15) is 0 Å². The van der Waals surface area contributed by atoms with Crippen molar-refractivity contribution in [2.45, 2.75) is 20.3 Å². The number of rotatable bonds is 2. The van der Waals surface area contributed by atoms with E-state index in [1.54, 1.807) is 6.20 Å². The highest BCUT2D eigenvalue weighted by Gasteiger charge is 2.00. The van der Waals surface area contributed by atoms with Crippen LogP contribution < -0.4 is 0 Å². The summed E-state index contributed by atoms with van der Waals surface area (Å²) in [6.45, 7) is 3.78. The van der Waals surface area contributed by atoms with Crippen molar-refractivity contribution in [2.24, 2.45) is 0 Å². The molecular formula is C8H10N2O. The molecule has 1 aromatic rings. The minimum atomic E-state index is 0.595. The predicted molar refractivity (Wildman–Crippen MR) is 41.5 cm³/mol. The molecule has 0 fully saturated rings. The van der Waals surface area contributed by atoms with E-state index in [-0.39, 0.29) is 0 Å². The predicted octanol–water partition coefficient (Wildman–Crippen LogP) is 1.16. The third kappa shape index (κ3) is 1.61. The van der Waals surface area contributed by atoms with Gasteiger partial charge in [-0.1, -0.05) is 6.92 Å². The topological polar surface area (TPSA) is 42.9 Å². The van der Waals surface area contributed by atoms with Gasteiger partial charge in [0.25, 0.3) is 0 Å². The summed E-state index contributed by atoms with van der Waals surface area (Å²) in [6.07, 6.45) is 3.13. The molecule has 0 aliphatic carbocycles. The highest BCUT2D eigenvalue weighted by Crippen LogP contribution is 2.02. The van der Waals surface area contributed by atoms with Crippen molar-refractivity contribution in [2.75, 3.05) is 0 Å². The van der Waals surface area contributed by atoms with Crippen LogP contribution in [0.25, 0.3) is 0 Å². The fourth-order valence-corrected chi connectivity index (χ4v) is 0.908. The molecule has 58 valence electrons. The maximum absolute atomic E-state index is 10.4. The first-order valence-electron chi connectivity index (χ1n) is 3.55. The SMILES string of the molecule is CCc1nc(C)ncc1C=O. The second-order valence-corrected chi connectivity index (χ2v) is 2.29. The van der Waals surface area contributed by atoms with Crippen molar-refractivity contribution < 1.29 is 4.79 Å². The lowest BCUT2D eigenvalue weighted by Crippen LogP contribution is -1.99. The van der Waals surface area contributed by atoms with Gasteiger partial charge >= 0.3 is 0 Å². The van der Waals surface area contributed by atoms with E-state index in [0.717, 1.165) is 18.4 Å². The Bertz CT molecular complexity index is 271. The summed E-state index contributed by atoms with van der Waals surface area (Å²) in [5.41, 5.74) is 1.42. The Balaban J connectivity index is 3.16. The molecule has 0 amide bonds. The van der Waals surface area contributed by atoms with E-state index in [9.17, 15) is 4.79 Å². The Hall–Kier alpha value is -1.25. The summed E-state index contributed by atoms with van der Waals surface area (Å²) < 4.78 is 0. The molecule has 0 bridgehead atoms. The quantitative estimate of drug-likeness (QED) is 0.594. The maximum atomic E-state index is 10.4. The molecule has 11 heavy (non-hydrogen) atoms. The Labute approximate surface area is 65.5 Å². The van der Waals surface area contributed by atoms with Crippen LogP contribution in [0.15, 0.2) is 6.20 Å². The van der Waals surface area contributed by atoms with Crippen LogP contribution in [-0.4, -0.2) is 16.3 Å². The van der Waals surface area contributed by atoms with Crippen LogP contribution in [0, 0.1) is 6.92 Å². The van der Waals surface area contributed by atoms with Gasteiger partial charge in [0, 0.05) is 6.20 Å². The van der Waals surface area contributed by atoms with E-state index < -0.39 is 0 Å². The van der Waals surface area contributed by atoms with E-state index in [1.807, 2.05) is 13.8 Å². The van der Waals surface area contributed by atoms with E-state index >= 15 is 0 Å². The van der Waals surface area contributed by atoms with Gasteiger partial charge in [0.2, 0.25) is 0 Å². The molecule has 0 saturated carbocycles. The van der Waals surface area contributed by atoms with Crippen molar-refractivity contribution in [3.05, 3.63) is 23.3 Å². The van der Waals surface area contributed by atoms with Crippen LogP contribution in [0.2, 0.25) is 0 Å². The monoisotopic (exact) mass is 150 g/mol. The number of hydrogen-bond donors (Lipinski definition) is 0. The largest absolute Gasteiger partial charge is 0.298 e. The standard InChI is InChI=1S/C8H10N2O/c1-3-8-7(5-11)4-9-6(2)10-8/h4-5H,3H2,1-2H3. The average Bonchev–Trinajstić information content (AvgIpc) is 2.04. The molecule has 0 saturated heterocycles. The number of carbonyl (C=O) groups is 1. The van der Waals surface area contributed by atoms with Crippen molar-refractivity contribution in [1.82, 2.24) is 9.97 Å². The lowest BCUT2D eigenvalue weighted by Gasteiger charge is -1.99. The zero-order valence-corrected chi connectivity index (χ0v) is 6.66. The number of hydrogen-bond acceptors (Lipinski definition) is 3. The van der Waals surface area contributed by atoms with Gasteiger partial charge in [-0.15, -0.1) is 0 Å². The molecule has 3 nitrogen and oxygen atoms in total. The first-order chi connectivity index (χ1) is 5.27. The summed E-state index contributed by atoms with van der Waals surface area (Å²) in [5, 5.41) is 0. The fraction of sp³-hybridized carbons (Fsp3) is 0.375. The van der Waals surface area contributed by atoms with Crippen molar-refractivity contribution in [1.29, 1.82) is 0 Å². The lowest BCUT2D eigenvalue weighted by molar-refractivity contribution is 0.112. The normalized spacial score (nSPS) is 9.64. The molecule has 1 aromatic heterocycles. The van der Waals surface area contributed by atoms with E-state index in [1.165, 1.54) is 0 Å². The lowest BCUT2D eigenvalue weighted by atomic mass is 10.2. The van der Waals surface area contributed by atoms with E-state index in [4.69, 9.17) is 0 Å². The van der Waals surface area contributed by atoms with Crippen LogP contribution in [0.3, 0.4) is 0 Å². The van der Waals surface area contributed by atoms with E-state index in [0.29, 0.717) is 11.4 Å². The fourth-order valence-electron chi connectivity index (χ4n) is 0.908. The van der Waals surface area contributed by atoms with E-state index in [2.05, 4.69) is 9.97 Å². The van der Waals surface area contributed by atoms with Crippen LogP contribution in [0.5, 0.6) is 0 Å². The molecule has 0 aliphatic rings. The van der Waals surface area contributed by atoms with Crippen LogP contribution in [0.4, 0.5) is 0 Å². The first kappa shape index (κ1) is 7.85. The average molecular weight is 150 g/mol. The van der Waals surface area contributed by atoms with Crippen molar-refractivity contribution in [3.63, 3.8) is 0 Å². The molecule has 0 unspecified atom stereocenters. The smallest absolute Gasteiger partial charge is 0.153 e. The second-order valence-electron chi connectivity index (χ2n) is 2.29. The number of carbonyl (C=O) groups excluding carboxylic acids is 1. The molecule has 0 N–H and O–H groups in total. The van der Waals surface area contributed by atoms with Crippen LogP contribution >= 0.6 is 0 Å². The molecule has 1 heterocycles. The Kier molecular flexibility index (Phi) is 2.31. The summed E-state index contributed by atoms with van der Waals surface area (Å²) >= 11 is 0. The van der Waals surface area contributed by atoms with Gasteiger partial charge in [0.1, 0.15) is 5.82 Å². The van der Waals surface area contributed by atoms with Gasteiger partial charge in [-0.25, -0.2) is 9.97 Å². The molecule has 0 aliphatic heterocycles. The van der Waals surface area contributed by atoms with Crippen LogP contribution in [0.1, 0.15) is 28.8 Å². The number of aldehydes is 1. The molecule has 1 rings (SSSR count). The van der Waals surface area contributed by atoms with Crippen molar-refractivity contribution >= 4 is 6.29 Å². The molecule has 3 heteroatoms. The van der Waals surface area contributed by atoms with Crippen molar-refractivity contribution in [3.8, 4) is 0 Å². The number of aromatic nitrogens is 2. The third-order valence-electron chi connectivity index (χ3n) is 1.48. The van der Waals surface area contributed by atoms with Gasteiger partial charge < -0.3 is 0 Å². The first-order valence-corrected chi connectivity index (χ1v) is 3.55. The third-order valence-corrected chi connectivity index (χ3v) is 1.48. The Morgan fingerprint density at radius 1 is 1.64 bits per heavy atom. The maximum Gasteiger partial charge on any atom is 0.153 e. The Morgan fingerprint density at radius 3 is 2.91 bits per heavy atom. The summed E-state index contributed by atoms with van der Waals surface area (Å²) in [6, 6.07) is 0. The molecule has 0 radical (unpaired) electrons. The van der Waals surface area contributed by atoms with Crippen LogP contribution in [-0.2, 0) is 6.42 Å². The summed E-state index contributed by atoms with van der Waals surface area (Å²) in [7, 11) is 0. The molecular weight excluding hydrogens is 140 g/mol. The minimum Gasteiger partial charge on any atom is -0.298 e. The Morgan fingerprint density at radius 2 is 2.36 bits per heavy atom. The summed E-state index contributed by atoms with van der Waals surface area (Å²) in [5.74, 6) is 0.715. The van der Waals surface area contributed by atoms with Gasteiger partial charge in [-0.3, -0.25) is 4.79 Å². The number of nitrogens with zero attached hydrogens (tertiary/aromatic N) is 2. The highest BCUT2D eigenvalue weighted by molar-refractivity contribution is 5.75. The van der Waals surface area contributed by atoms with Gasteiger partial charge in [0.15, 0.2) is 6.29 Å². The zero-order chi connectivity index (χ0) is 8.27. The minimum absolute atomic E-state index is 0.595. The zero-order valence-electron chi connectivity index (χ0n) is 6.66.